The number of hydrogen-bond donors (Lipinski definition) is 1. The zero-order chi connectivity index (χ0) is 22.3. The molecule has 32 heavy (non-hydrogen) atoms. The molecule has 168 valence electrons. The van der Waals surface area contributed by atoms with Gasteiger partial charge in [0, 0.05) is 17.8 Å². The smallest absolute Gasteiger partial charge is 0.275 e. The molecule has 1 aliphatic carbocycles. The van der Waals surface area contributed by atoms with E-state index in [2.05, 4.69) is 5.32 Å². The number of carbonyl (C=O) groups is 2. The molecule has 2 amide bonds. The normalized spacial score (nSPS) is 21.9. The van der Waals surface area contributed by atoms with Gasteiger partial charge in [-0.1, -0.05) is 31.7 Å². The van der Waals surface area contributed by atoms with Gasteiger partial charge in [0.1, 0.15) is 17.0 Å². The van der Waals surface area contributed by atoms with Gasteiger partial charge in [-0.2, -0.15) is 0 Å². The highest BCUT2D eigenvalue weighted by atomic mass is 32.1. The van der Waals surface area contributed by atoms with E-state index in [1.165, 1.54) is 12.8 Å². The summed E-state index contributed by atoms with van der Waals surface area (Å²) in [7, 11) is 1.61. The predicted molar refractivity (Wildman–Crippen MR) is 128 cm³/mol. The molecule has 2 aliphatic rings. The molecule has 0 saturated heterocycles. The number of carbonyl (C=O) groups excluding carboxylic acids is 2. The van der Waals surface area contributed by atoms with Crippen LogP contribution in [0.5, 0.6) is 5.75 Å². The number of amides is 2. The van der Waals surface area contributed by atoms with E-state index in [0.717, 1.165) is 35.9 Å². The number of nitrogens with zero attached hydrogens (tertiary/aromatic N) is 2. The standard InChI is InChI=1S/C25H29N3O3S/c1-25(24(30)26-17-8-5-3-4-6-9-17)16-27-20-12-13-32-22(20)15-21(27)23(29)28(25)18-10-7-11-19(14-18)31-2/h7,10-15,17H,3-6,8-9,16H2,1-2H3,(H,26,30)/t25-/m0/s1. The molecule has 0 unspecified atom stereocenters. The lowest BCUT2D eigenvalue weighted by molar-refractivity contribution is -0.127. The number of thiophene rings is 1. The summed E-state index contributed by atoms with van der Waals surface area (Å²) in [5.74, 6) is 0.401. The van der Waals surface area contributed by atoms with Crippen LogP contribution in [0.3, 0.4) is 0 Å². The third kappa shape index (κ3) is 3.48. The maximum Gasteiger partial charge on any atom is 0.275 e. The molecule has 0 bridgehead atoms. The average molecular weight is 452 g/mol. The van der Waals surface area contributed by atoms with Crippen LogP contribution in [0.1, 0.15) is 55.9 Å². The number of nitrogens with one attached hydrogen (secondary N) is 1. The van der Waals surface area contributed by atoms with Crippen LogP contribution < -0.4 is 15.0 Å². The van der Waals surface area contributed by atoms with Crippen LogP contribution in [0.2, 0.25) is 0 Å². The Balaban J connectivity index is 1.58. The SMILES string of the molecule is COc1cccc(N2C(=O)c3cc4sccc4n3C[C@@]2(C)C(=O)NC2CCCCCC2)c1. The molecule has 1 N–H and O–H groups in total. The second-order valence-corrected chi connectivity index (χ2v) is 10.0. The Morgan fingerprint density at radius 1 is 1.16 bits per heavy atom. The molecule has 5 rings (SSSR count). The molecular weight excluding hydrogens is 422 g/mol. The molecule has 3 heterocycles. The first-order chi connectivity index (χ1) is 15.5. The summed E-state index contributed by atoms with van der Waals surface area (Å²) in [5.41, 5.74) is 1.24. The molecule has 0 spiro atoms. The summed E-state index contributed by atoms with van der Waals surface area (Å²) in [4.78, 5) is 29.4. The second-order valence-electron chi connectivity index (χ2n) is 9.06. The van der Waals surface area contributed by atoms with Crippen molar-refractivity contribution >= 4 is 39.1 Å². The largest absolute Gasteiger partial charge is 0.497 e. The number of rotatable bonds is 4. The Morgan fingerprint density at radius 3 is 2.69 bits per heavy atom. The molecular formula is C25H29N3O3S. The highest BCUT2D eigenvalue weighted by Crippen LogP contribution is 2.38. The fourth-order valence-corrected chi connectivity index (χ4v) is 5.95. The van der Waals surface area contributed by atoms with Crippen LogP contribution in [0.25, 0.3) is 10.2 Å². The van der Waals surface area contributed by atoms with Crippen LogP contribution in [-0.2, 0) is 11.3 Å². The zero-order valence-corrected chi connectivity index (χ0v) is 19.4. The van der Waals surface area contributed by atoms with E-state index in [9.17, 15) is 9.59 Å². The van der Waals surface area contributed by atoms with Gasteiger partial charge in [-0.25, -0.2) is 0 Å². The fraction of sp³-hybridized carbons (Fsp3) is 0.440. The zero-order valence-electron chi connectivity index (χ0n) is 18.6. The minimum Gasteiger partial charge on any atom is -0.497 e. The van der Waals surface area contributed by atoms with Crippen LogP contribution >= 0.6 is 11.3 Å². The van der Waals surface area contributed by atoms with Gasteiger partial charge < -0.3 is 14.6 Å². The van der Waals surface area contributed by atoms with Crippen molar-refractivity contribution in [1.29, 1.82) is 0 Å². The highest BCUT2D eigenvalue weighted by Gasteiger charge is 2.49. The van der Waals surface area contributed by atoms with E-state index in [1.54, 1.807) is 23.3 Å². The number of methoxy groups -OCH3 is 1. The minimum atomic E-state index is -1.06. The molecule has 1 aromatic carbocycles. The van der Waals surface area contributed by atoms with E-state index in [4.69, 9.17) is 4.74 Å². The molecule has 0 radical (unpaired) electrons. The number of aromatic nitrogens is 1. The minimum absolute atomic E-state index is 0.0942. The number of fused-ring (bicyclic) bond motifs is 3. The summed E-state index contributed by atoms with van der Waals surface area (Å²) >= 11 is 1.61. The summed E-state index contributed by atoms with van der Waals surface area (Å²) in [6.07, 6.45) is 6.72. The number of benzene rings is 1. The van der Waals surface area contributed by atoms with Crippen molar-refractivity contribution in [1.82, 2.24) is 9.88 Å². The molecule has 7 heteroatoms. The molecule has 1 aliphatic heterocycles. The van der Waals surface area contributed by atoms with Gasteiger partial charge in [-0.05, 0) is 49.4 Å². The van der Waals surface area contributed by atoms with Crippen LogP contribution in [-0.4, -0.2) is 35.1 Å². The summed E-state index contributed by atoms with van der Waals surface area (Å²) in [6, 6.07) is 11.5. The first kappa shape index (κ1) is 21.1. The van der Waals surface area contributed by atoms with Crippen molar-refractivity contribution in [2.45, 2.75) is 63.6 Å². The van der Waals surface area contributed by atoms with E-state index >= 15 is 0 Å². The van der Waals surface area contributed by atoms with Crippen molar-refractivity contribution in [3.8, 4) is 5.75 Å². The van der Waals surface area contributed by atoms with Gasteiger partial charge in [-0.15, -0.1) is 11.3 Å². The third-order valence-electron chi connectivity index (χ3n) is 6.90. The van der Waals surface area contributed by atoms with Gasteiger partial charge in [0.15, 0.2) is 0 Å². The Morgan fingerprint density at radius 2 is 1.94 bits per heavy atom. The Bertz CT molecular complexity index is 1160. The third-order valence-corrected chi connectivity index (χ3v) is 7.75. The maximum atomic E-state index is 13.8. The van der Waals surface area contributed by atoms with Crippen molar-refractivity contribution in [3.63, 3.8) is 0 Å². The summed E-state index contributed by atoms with van der Waals surface area (Å²) in [5, 5.41) is 5.34. The van der Waals surface area contributed by atoms with Gasteiger partial charge in [0.25, 0.3) is 5.91 Å². The maximum absolute atomic E-state index is 13.8. The Kier molecular flexibility index (Phi) is 5.45. The first-order valence-corrected chi connectivity index (χ1v) is 12.3. The van der Waals surface area contributed by atoms with Gasteiger partial charge in [0.2, 0.25) is 5.91 Å². The van der Waals surface area contributed by atoms with E-state index in [0.29, 0.717) is 23.7 Å². The topological polar surface area (TPSA) is 63.6 Å². The quantitative estimate of drug-likeness (QED) is 0.570. The molecule has 1 atom stereocenters. The number of anilines is 1. The lowest BCUT2D eigenvalue weighted by atomic mass is 9.92. The molecule has 3 aromatic rings. The number of ether oxygens (including phenoxy) is 1. The first-order valence-electron chi connectivity index (χ1n) is 11.4. The lowest BCUT2D eigenvalue weighted by Crippen LogP contribution is -2.65. The van der Waals surface area contributed by atoms with Gasteiger partial charge in [0.05, 0.1) is 23.9 Å². The van der Waals surface area contributed by atoms with E-state index in [-0.39, 0.29) is 17.9 Å². The number of hydrogen-bond acceptors (Lipinski definition) is 4. The predicted octanol–water partition coefficient (Wildman–Crippen LogP) is 4.97. The monoisotopic (exact) mass is 451 g/mol. The van der Waals surface area contributed by atoms with Gasteiger partial charge in [-0.3, -0.25) is 14.5 Å². The van der Waals surface area contributed by atoms with Gasteiger partial charge >= 0.3 is 0 Å². The van der Waals surface area contributed by atoms with E-state index in [1.807, 2.05) is 53.3 Å². The second kappa shape index (κ2) is 8.28. The van der Waals surface area contributed by atoms with Crippen LogP contribution in [0.15, 0.2) is 41.8 Å². The Labute approximate surface area is 192 Å². The highest BCUT2D eigenvalue weighted by molar-refractivity contribution is 7.17. The van der Waals surface area contributed by atoms with Crippen LogP contribution in [0, 0.1) is 0 Å². The Hall–Kier alpha value is -2.80. The summed E-state index contributed by atoms with van der Waals surface area (Å²) in [6.45, 7) is 2.29. The van der Waals surface area contributed by atoms with Crippen molar-refractivity contribution in [3.05, 3.63) is 47.5 Å². The van der Waals surface area contributed by atoms with E-state index < -0.39 is 5.54 Å². The van der Waals surface area contributed by atoms with Crippen LogP contribution in [0.4, 0.5) is 5.69 Å². The summed E-state index contributed by atoms with van der Waals surface area (Å²) < 4.78 is 8.48. The molecule has 1 fully saturated rings. The molecule has 1 saturated carbocycles. The molecule has 2 aromatic heterocycles. The van der Waals surface area contributed by atoms with Crippen molar-refractivity contribution in [2.75, 3.05) is 12.0 Å². The fourth-order valence-electron chi connectivity index (χ4n) is 5.13. The lowest BCUT2D eigenvalue weighted by Gasteiger charge is -2.44. The average Bonchev–Trinajstić information content (AvgIpc) is 3.28. The molecule has 6 nitrogen and oxygen atoms in total. The van der Waals surface area contributed by atoms with Crippen molar-refractivity contribution < 1.29 is 14.3 Å². The van der Waals surface area contributed by atoms with Crippen molar-refractivity contribution in [2.24, 2.45) is 0 Å².